The highest BCUT2D eigenvalue weighted by molar-refractivity contribution is 6.00. The number of aliphatic hydroxyl groups is 1. The first-order valence-electron chi connectivity index (χ1n) is 11.8. The lowest BCUT2D eigenvalue weighted by Gasteiger charge is -2.37. The molecule has 0 saturated carbocycles. The summed E-state index contributed by atoms with van der Waals surface area (Å²) in [5.74, 6) is -1.82. The van der Waals surface area contributed by atoms with Crippen LogP contribution in [0.15, 0.2) is 45.6 Å². The van der Waals surface area contributed by atoms with Crippen LogP contribution in [0.1, 0.15) is 39.9 Å². The van der Waals surface area contributed by atoms with Crippen molar-refractivity contribution in [1.82, 2.24) is 10.6 Å². The lowest BCUT2D eigenvalue weighted by Crippen LogP contribution is -2.49. The van der Waals surface area contributed by atoms with Crippen molar-refractivity contribution in [3.05, 3.63) is 74.9 Å². The summed E-state index contributed by atoms with van der Waals surface area (Å²) >= 11 is 0. The van der Waals surface area contributed by atoms with Gasteiger partial charge in [0.1, 0.15) is 23.0 Å². The van der Waals surface area contributed by atoms with E-state index in [2.05, 4.69) is 15.5 Å². The van der Waals surface area contributed by atoms with Gasteiger partial charge in [-0.05, 0) is 61.1 Å². The van der Waals surface area contributed by atoms with Crippen LogP contribution in [0.5, 0.6) is 0 Å². The van der Waals surface area contributed by atoms with E-state index in [-0.39, 0.29) is 12.1 Å². The Hall–Kier alpha value is -3.72. The summed E-state index contributed by atoms with van der Waals surface area (Å²) in [4.78, 5) is 40.5. The van der Waals surface area contributed by atoms with Crippen molar-refractivity contribution in [3.63, 3.8) is 0 Å². The molecule has 2 aliphatic rings. The largest absolute Gasteiger partial charge is 0.422 e. The molecule has 0 fully saturated rings. The normalized spacial score (nSPS) is 15.4. The van der Waals surface area contributed by atoms with Gasteiger partial charge in [-0.15, -0.1) is 0 Å². The van der Waals surface area contributed by atoms with Crippen molar-refractivity contribution >= 4 is 28.5 Å². The van der Waals surface area contributed by atoms with Crippen LogP contribution in [0, 0.1) is 5.82 Å². The molecule has 0 spiro atoms. The van der Waals surface area contributed by atoms with Crippen LogP contribution in [-0.4, -0.2) is 42.7 Å². The van der Waals surface area contributed by atoms with Gasteiger partial charge < -0.3 is 25.1 Å². The fraction of sp³-hybridized carbons (Fsp3) is 0.346. The SMILES string of the molecule is O=C(NC(CO)C(=O)NCc1ccc(F)cc1)c1cc2cc3c4c(c2oc1=O)CCCN4CCC3. The maximum Gasteiger partial charge on any atom is 0.349 e. The van der Waals surface area contributed by atoms with Gasteiger partial charge in [0.15, 0.2) is 0 Å². The second kappa shape index (κ2) is 9.50. The number of rotatable bonds is 6. The average molecular weight is 480 g/mol. The second-order valence-corrected chi connectivity index (χ2v) is 8.98. The van der Waals surface area contributed by atoms with E-state index < -0.39 is 35.9 Å². The van der Waals surface area contributed by atoms with E-state index in [0.717, 1.165) is 50.0 Å². The first-order valence-corrected chi connectivity index (χ1v) is 11.8. The molecule has 0 bridgehead atoms. The number of carbonyl (C=O) groups excluding carboxylic acids is 2. The summed E-state index contributed by atoms with van der Waals surface area (Å²) in [7, 11) is 0. The number of benzene rings is 2. The number of nitrogens with one attached hydrogen (secondary N) is 2. The number of aliphatic hydroxyl groups excluding tert-OH is 1. The summed E-state index contributed by atoms with van der Waals surface area (Å²) in [6.07, 6.45) is 3.76. The highest BCUT2D eigenvalue weighted by Crippen LogP contribution is 2.39. The molecule has 0 saturated heterocycles. The van der Waals surface area contributed by atoms with Gasteiger partial charge in [-0.25, -0.2) is 9.18 Å². The van der Waals surface area contributed by atoms with E-state index in [4.69, 9.17) is 4.42 Å². The molecule has 5 rings (SSSR count). The molecule has 1 unspecified atom stereocenters. The number of amides is 2. The van der Waals surface area contributed by atoms with Crippen LogP contribution in [0.4, 0.5) is 10.1 Å². The first kappa shape index (κ1) is 23.0. The minimum absolute atomic E-state index is 0.0918. The van der Waals surface area contributed by atoms with Crippen molar-refractivity contribution in [2.75, 3.05) is 24.6 Å². The van der Waals surface area contributed by atoms with Gasteiger partial charge in [-0.3, -0.25) is 9.59 Å². The molecule has 2 aromatic carbocycles. The summed E-state index contributed by atoms with van der Waals surface area (Å²) in [6.45, 7) is 1.41. The molecule has 9 heteroatoms. The molecule has 35 heavy (non-hydrogen) atoms. The minimum atomic E-state index is -1.27. The molecule has 1 aromatic heterocycles. The van der Waals surface area contributed by atoms with Gasteiger partial charge in [0.2, 0.25) is 5.91 Å². The number of halogens is 1. The van der Waals surface area contributed by atoms with E-state index in [1.54, 1.807) is 0 Å². The number of hydrogen-bond acceptors (Lipinski definition) is 6. The standard InChI is InChI=1S/C26H26FN3O5/c27-18-7-5-15(6-8-18)13-28-25(33)21(14-31)29-24(32)20-12-17-11-16-3-1-9-30-10-2-4-19(22(16)30)23(17)35-26(20)34/h5-8,11-12,21,31H,1-4,9-10,13-14H2,(H,28,33)(H,29,32). The highest BCUT2D eigenvalue weighted by Gasteiger charge is 2.28. The molecule has 2 amide bonds. The third kappa shape index (κ3) is 4.51. The van der Waals surface area contributed by atoms with E-state index in [1.807, 2.05) is 6.07 Å². The molecule has 2 aliphatic heterocycles. The Morgan fingerprint density at radius 1 is 1.11 bits per heavy atom. The van der Waals surface area contributed by atoms with E-state index in [0.29, 0.717) is 16.5 Å². The van der Waals surface area contributed by atoms with Crippen LogP contribution < -0.4 is 21.2 Å². The van der Waals surface area contributed by atoms with Crippen molar-refractivity contribution in [3.8, 4) is 0 Å². The molecule has 3 N–H and O–H groups in total. The molecule has 1 atom stereocenters. The Morgan fingerprint density at radius 3 is 2.60 bits per heavy atom. The summed E-state index contributed by atoms with van der Waals surface area (Å²) in [5, 5.41) is 15.3. The monoisotopic (exact) mass is 479 g/mol. The Kier molecular flexibility index (Phi) is 6.25. The molecular weight excluding hydrogens is 453 g/mol. The zero-order valence-corrected chi connectivity index (χ0v) is 19.1. The van der Waals surface area contributed by atoms with Gasteiger partial charge in [0, 0.05) is 36.3 Å². The fourth-order valence-electron chi connectivity index (χ4n) is 4.95. The smallest absolute Gasteiger partial charge is 0.349 e. The van der Waals surface area contributed by atoms with Gasteiger partial charge in [-0.2, -0.15) is 0 Å². The zero-order chi connectivity index (χ0) is 24.5. The highest BCUT2D eigenvalue weighted by atomic mass is 19.1. The number of fused-ring (bicyclic) bond motifs is 2. The van der Waals surface area contributed by atoms with Crippen LogP contribution in [0.25, 0.3) is 11.0 Å². The molecule has 182 valence electrons. The van der Waals surface area contributed by atoms with Crippen molar-refractivity contribution in [2.45, 2.75) is 38.3 Å². The number of hydrogen-bond donors (Lipinski definition) is 3. The van der Waals surface area contributed by atoms with Crippen LogP contribution >= 0.6 is 0 Å². The minimum Gasteiger partial charge on any atom is -0.422 e. The maximum absolute atomic E-state index is 13.0. The van der Waals surface area contributed by atoms with Crippen molar-refractivity contribution < 1.29 is 23.5 Å². The summed E-state index contributed by atoms with van der Waals surface area (Å²) in [5.41, 5.74) is 3.51. The second-order valence-electron chi connectivity index (χ2n) is 8.98. The quantitative estimate of drug-likeness (QED) is 0.467. The molecule has 0 aliphatic carbocycles. The predicted molar refractivity (Wildman–Crippen MR) is 128 cm³/mol. The van der Waals surface area contributed by atoms with Crippen molar-refractivity contribution in [2.24, 2.45) is 0 Å². The van der Waals surface area contributed by atoms with Crippen LogP contribution in [0.2, 0.25) is 0 Å². The molecule has 8 nitrogen and oxygen atoms in total. The van der Waals surface area contributed by atoms with Gasteiger partial charge in [0.25, 0.3) is 5.91 Å². The third-order valence-corrected chi connectivity index (χ3v) is 6.64. The summed E-state index contributed by atoms with van der Waals surface area (Å²) in [6, 6.07) is 7.80. The number of nitrogens with zero attached hydrogens (tertiary/aromatic N) is 1. The average Bonchev–Trinajstić information content (AvgIpc) is 2.87. The van der Waals surface area contributed by atoms with Crippen molar-refractivity contribution in [1.29, 1.82) is 0 Å². The Balaban J connectivity index is 1.36. The maximum atomic E-state index is 13.0. The molecule has 0 radical (unpaired) electrons. The summed E-state index contributed by atoms with van der Waals surface area (Å²) < 4.78 is 18.7. The van der Waals surface area contributed by atoms with Gasteiger partial charge in [0.05, 0.1) is 6.61 Å². The van der Waals surface area contributed by atoms with E-state index in [1.165, 1.54) is 35.9 Å². The van der Waals surface area contributed by atoms with E-state index in [9.17, 15) is 23.9 Å². The fourth-order valence-corrected chi connectivity index (χ4v) is 4.95. The molecular formula is C26H26FN3O5. The lowest BCUT2D eigenvalue weighted by atomic mass is 9.90. The van der Waals surface area contributed by atoms with Crippen LogP contribution in [-0.2, 0) is 24.2 Å². The Morgan fingerprint density at radius 2 is 1.86 bits per heavy atom. The zero-order valence-electron chi connectivity index (χ0n) is 19.1. The lowest BCUT2D eigenvalue weighted by molar-refractivity contribution is -0.124. The Labute approximate surface area is 200 Å². The van der Waals surface area contributed by atoms with Gasteiger partial charge >= 0.3 is 5.63 Å². The topological polar surface area (TPSA) is 112 Å². The Bertz CT molecular complexity index is 1350. The van der Waals surface area contributed by atoms with Crippen LogP contribution in [0.3, 0.4) is 0 Å². The number of carbonyl (C=O) groups is 2. The third-order valence-electron chi connectivity index (χ3n) is 6.64. The van der Waals surface area contributed by atoms with E-state index >= 15 is 0 Å². The predicted octanol–water partition coefficient (Wildman–Crippen LogP) is 2.04. The molecule has 3 heterocycles. The number of aryl methyl sites for hydroxylation is 2. The van der Waals surface area contributed by atoms with Gasteiger partial charge in [-0.1, -0.05) is 12.1 Å². The first-order chi connectivity index (χ1) is 16.9. The number of anilines is 1. The molecule has 3 aromatic rings.